The minimum atomic E-state index is -0.629. The summed E-state index contributed by atoms with van der Waals surface area (Å²) in [4.78, 5) is 4.73. The normalized spacial score (nSPS) is 22.0. The Labute approximate surface area is 127 Å². The van der Waals surface area contributed by atoms with Crippen LogP contribution in [0, 0.1) is 5.82 Å². The molecule has 1 saturated heterocycles. The van der Waals surface area contributed by atoms with E-state index in [1.165, 1.54) is 6.07 Å². The Kier molecular flexibility index (Phi) is 5.36. The first-order valence-corrected chi connectivity index (χ1v) is 7.95. The lowest BCUT2D eigenvalue weighted by Crippen LogP contribution is -2.59. The molecule has 3 nitrogen and oxygen atoms in total. The first-order chi connectivity index (χ1) is 9.99. The van der Waals surface area contributed by atoms with Crippen molar-refractivity contribution in [2.75, 3.05) is 33.2 Å². The molecule has 21 heavy (non-hydrogen) atoms. The quantitative estimate of drug-likeness (QED) is 0.905. The molecule has 2 atom stereocenters. The van der Waals surface area contributed by atoms with Crippen molar-refractivity contribution in [2.45, 2.75) is 38.3 Å². The Hall–Kier alpha value is -0.970. The summed E-state index contributed by atoms with van der Waals surface area (Å²) in [6.45, 7) is 8.34. The highest BCUT2D eigenvalue weighted by molar-refractivity contribution is 5.28. The van der Waals surface area contributed by atoms with Crippen LogP contribution < -0.4 is 5.73 Å². The van der Waals surface area contributed by atoms with Gasteiger partial charge in [-0.05, 0) is 26.5 Å². The predicted octanol–water partition coefficient (Wildman–Crippen LogP) is 2.42. The molecule has 2 unspecified atom stereocenters. The van der Waals surface area contributed by atoms with Gasteiger partial charge in [0, 0.05) is 37.8 Å². The molecule has 1 heterocycles. The Bertz CT molecular complexity index is 457. The summed E-state index contributed by atoms with van der Waals surface area (Å²) in [5.41, 5.74) is 6.77. The van der Waals surface area contributed by atoms with Crippen LogP contribution in [0.5, 0.6) is 0 Å². The molecule has 0 bridgehead atoms. The maximum atomic E-state index is 14.3. The summed E-state index contributed by atoms with van der Waals surface area (Å²) in [5.74, 6) is -0.186. The number of hydrogen-bond donors (Lipinski definition) is 1. The number of benzene rings is 1. The molecule has 0 amide bonds. The molecule has 0 radical (unpaired) electrons. The van der Waals surface area contributed by atoms with Gasteiger partial charge in [-0.1, -0.05) is 31.5 Å². The summed E-state index contributed by atoms with van der Waals surface area (Å²) in [5, 5.41) is 0. The molecule has 1 aliphatic heterocycles. The fourth-order valence-corrected chi connectivity index (χ4v) is 3.36. The number of halogens is 1. The number of rotatable bonds is 5. The Balaban J connectivity index is 2.26. The van der Waals surface area contributed by atoms with Crippen molar-refractivity contribution in [1.29, 1.82) is 0 Å². The molecule has 0 aromatic heterocycles. The monoisotopic (exact) mass is 293 g/mol. The van der Waals surface area contributed by atoms with E-state index in [0.29, 0.717) is 5.56 Å². The van der Waals surface area contributed by atoms with Gasteiger partial charge in [0.05, 0.1) is 5.54 Å². The largest absolute Gasteiger partial charge is 0.320 e. The van der Waals surface area contributed by atoms with Gasteiger partial charge in [0.2, 0.25) is 0 Å². The van der Waals surface area contributed by atoms with Gasteiger partial charge in [-0.3, -0.25) is 4.90 Å². The second-order valence-electron chi connectivity index (χ2n) is 6.29. The number of nitrogens with two attached hydrogens (primary N) is 1. The topological polar surface area (TPSA) is 32.5 Å². The molecule has 1 aliphatic rings. The number of piperazine rings is 1. The van der Waals surface area contributed by atoms with E-state index in [-0.39, 0.29) is 11.9 Å². The molecular weight excluding hydrogens is 265 g/mol. The summed E-state index contributed by atoms with van der Waals surface area (Å²) in [6.07, 6.45) is 1.74. The molecule has 118 valence electrons. The van der Waals surface area contributed by atoms with Gasteiger partial charge >= 0.3 is 0 Å². The molecular formula is C17H28FN3. The highest BCUT2D eigenvalue weighted by Gasteiger charge is 2.38. The van der Waals surface area contributed by atoms with Crippen LogP contribution in [0.15, 0.2) is 24.3 Å². The maximum absolute atomic E-state index is 14.3. The van der Waals surface area contributed by atoms with E-state index < -0.39 is 5.54 Å². The molecule has 0 aliphatic carbocycles. The highest BCUT2D eigenvalue weighted by Crippen LogP contribution is 2.32. The average molecular weight is 293 g/mol. The van der Waals surface area contributed by atoms with Crippen LogP contribution >= 0.6 is 0 Å². The van der Waals surface area contributed by atoms with Gasteiger partial charge in [-0.2, -0.15) is 0 Å². The first-order valence-electron chi connectivity index (χ1n) is 7.95. The highest BCUT2D eigenvalue weighted by atomic mass is 19.1. The minimum absolute atomic E-state index is 0.128. The molecule has 0 spiro atoms. The fourth-order valence-electron chi connectivity index (χ4n) is 3.36. The number of hydrogen-bond acceptors (Lipinski definition) is 3. The SMILES string of the molecule is CCCC(N)(c1ccccc1F)C(C)N1CCN(C)CC1. The van der Waals surface area contributed by atoms with Crippen molar-refractivity contribution >= 4 is 0 Å². The van der Waals surface area contributed by atoms with Gasteiger partial charge in [-0.15, -0.1) is 0 Å². The molecule has 1 aromatic carbocycles. The van der Waals surface area contributed by atoms with Crippen molar-refractivity contribution in [2.24, 2.45) is 5.73 Å². The van der Waals surface area contributed by atoms with Gasteiger partial charge in [0.25, 0.3) is 0 Å². The Morgan fingerprint density at radius 3 is 2.43 bits per heavy atom. The second-order valence-corrected chi connectivity index (χ2v) is 6.29. The Morgan fingerprint density at radius 2 is 1.86 bits per heavy atom. The van der Waals surface area contributed by atoms with E-state index in [1.54, 1.807) is 6.07 Å². The lowest BCUT2D eigenvalue weighted by molar-refractivity contribution is 0.0704. The standard InChI is InChI=1S/C17H28FN3/c1-4-9-17(19,15-7-5-6-8-16(15)18)14(2)21-12-10-20(3)11-13-21/h5-8,14H,4,9-13,19H2,1-3H3. The molecule has 1 fully saturated rings. The van der Waals surface area contributed by atoms with Crippen molar-refractivity contribution < 1.29 is 4.39 Å². The van der Waals surface area contributed by atoms with Gasteiger partial charge in [0.1, 0.15) is 5.82 Å². The van der Waals surface area contributed by atoms with Crippen LogP contribution in [-0.2, 0) is 5.54 Å². The van der Waals surface area contributed by atoms with E-state index >= 15 is 0 Å². The third-order valence-corrected chi connectivity index (χ3v) is 4.87. The smallest absolute Gasteiger partial charge is 0.128 e. The van der Waals surface area contributed by atoms with Crippen LogP contribution in [0.2, 0.25) is 0 Å². The summed E-state index contributed by atoms with van der Waals surface area (Å²) < 4.78 is 14.3. The lowest BCUT2D eigenvalue weighted by Gasteiger charge is -2.45. The molecule has 2 rings (SSSR count). The van der Waals surface area contributed by atoms with Crippen LogP contribution in [0.4, 0.5) is 4.39 Å². The summed E-state index contributed by atoms with van der Waals surface area (Å²) in [6, 6.07) is 7.10. The minimum Gasteiger partial charge on any atom is -0.320 e. The number of likely N-dealkylation sites (N-methyl/N-ethyl adjacent to an activating group) is 1. The average Bonchev–Trinajstić information content (AvgIpc) is 2.48. The fraction of sp³-hybridized carbons (Fsp3) is 0.647. The van der Waals surface area contributed by atoms with E-state index in [0.717, 1.165) is 39.0 Å². The molecule has 1 aromatic rings. The van der Waals surface area contributed by atoms with Crippen LogP contribution in [0.1, 0.15) is 32.3 Å². The third kappa shape index (κ3) is 3.44. The Morgan fingerprint density at radius 1 is 1.24 bits per heavy atom. The van der Waals surface area contributed by atoms with Crippen LogP contribution in [0.3, 0.4) is 0 Å². The zero-order valence-electron chi connectivity index (χ0n) is 13.5. The number of nitrogens with zero attached hydrogens (tertiary/aromatic N) is 2. The van der Waals surface area contributed by atoms with Crippen LogP contribution in [-0.4, -0.2) is 49.1 Å². The van der Waals surface area contributed by atoms with E-state index in [2.05, 4.69) is 30.7 Å². The van der Waals surface area contributed by atoms with Crippen molar-refractivity contribution in [3.63, 3.8) is 0 Å². The van der Waals surface area contributed by atoms with E-state index in [1.807, 2.05) is 12.1 Å². The van der Waals surface area contributed by atoms with Crippen LogP contribution in [0.25, 0.3) is 0 Å². The van der Waals surface area contributed by atoms with Crippen molar-refractivity contribution in [3.8, 4) is 0 Å². The first kappa shape index (κ1) is 16.4. The molecule has 0 saturated carbocycles. The molecule has 4 heteroatoms. The maximum Gasteiger partial charge on any atom is 0.128 e. The zero-order valence-corrected chi connectivity index (χ0v) is 13.5. The lowest BCUT2D eigenvalue weighted by atomic mass is 9.79. The van der Waals surface area contributed by atoms with Gasteiger partial charge in [0.15, 0.2) is 0 Å². The molecule has 2 N–H and O–H groups in total. The van der Waals surface area contributed by atoms with Crippen molar-refractivity contribution in [3.05, 3.63) is 35.6 Å². The predicted molar refractivity (Wildman–Crippen MR) is 85.7 cm³/mol. The van der Waals surface area contributed by atoms with E-state index in [9.17, 15) is 4.39 Å². The second kappa shape index (κ2) is 6.86. The van der Waals surface area contributed by atoms with Gasteiger partial charge < -0.3 is 10.6 Å². The van der Waals surface area contributed by atoms with E-state index in [4.69, 9.17) is 5.73 Å². The van der Waals surface area contributed by atoms with Gasteiger partial charge in [-0.25, -0.2) is 4.39 Å². The van der Waals surface area contributed by atoms with Crippen molar-refractivity contribution in [1.82, 2.24) is 9.80 Å². The third-order valence-electron chi connectivity index (χ3n) is 4.87. The summed E-state index contributed by atoms with van der Waals surface area (Å²) in [7, 11) is 2.14. The summed E-state index contributed by atoms with van der Waals surface area (Å²) >= 11 is 0. The zero-order chi connectivity index (χ0) is 15.5.